The van der Waals surface area contributed by atoms with Gasteiger partial charge in [0.25, 0.3) is 30.4 Å². The highest BCUT2D eigenvalue weighted by Gasteiger charge is 2.24. The number of hydrogen-bond donors (Lipinski definition) is 12. The smallest absolute Gasteiger partial charge is 0.296 e. The van der Waals surface area contributed by atoms with Gasteiger partial charge in [0.15, 0.2) is 0 Å². The van der Waals surface area contributed by atoms with E-state index < -0.39 is 56.9 Å². The highest BCUT2D eigenvalue weighted by molar-refractivity contribution is 7.95. The summed E-state index contributed by atoms with van der Waals surface area (Å²) in [7, 11) is -14.8. The molecule has 0 saturated heterocycles. The molecule has 2 aromatic heterocycles. The van der Waals surface area contributed by atoms with Crippen LogP contribution in [0.15, 0.2) is 163 Å². The summed E-state index contributed by atoms with van der Waals surface area (Å²) in [6, 6.07) is 32.8. The molecule has 0 aliphatic heterocycles. The van der Waals surface area contributed by atoms with Crippen LogP contribution in [-0.2, 0) is 81.1 Å². The predicted molar refractivity (Wildman–Crippen MR) is 331 cm³/mol. The first kappa shape index (κ1) is 69.1. The Bertz CT molecular complexity index is 4310. The molecule has 6 aromatic carbocycles. The van der Waals surface area contributed by atoms with Crippen LogP contribution in [0.1, 0.15) is 35.1 Å². The third-order valence-corrected chi connectivity index (χ3v) is 16.8. The van der Waals surface area contributed by atoms with Crippen LogP contribution in [0.3, 0.4) is 0 Å². The van der Waals surface area contributed by atoms with Gasteiger partial charge in [0, 0.05) is 60.2 Å². The van der Waals surface area contributed by atoms with Crippen LogP contribution in [0, 0.1) is 0 Å². The number of nitrogens with one attached hydrogen (secondary N) is 4. The van der Waals surface area contributed by atoms with Crippen LogP contribution >= 0.6 is 36.1 Å². The fourth-order valence-corrected chi connectivity index (χ4v) is 11.4. The number of benzene rings is 6. The van der Waals surface area contributed by atoms with E-state index in [1.807, 2.05) is 0 Å². The maximum Gasteiger partial charge on any atom is 0.296 e. The second-order valence-corrected chi connectivity index (χ2v) is 25.0. The van der Waals surface area contributed by atoms with Gasteiger partial charge in [-0.25, -0.2) is 15.8 Å². The molecular formula is C52H50N14O20S6. The van der Waals surface area contributed by atoms with Crippen LogP contribution in [-0.4, -0.2) is 109 Å². The van der Waals surface area contributed by atoms with Crippen LogP contribution in [0.2, 0.25) is 0 Å². The van der Waals surface area contributed by atoms with Gasteiger partial charge >= 0.3 is 0 Å². The molecule has 0 spiro atoms. The van der Waals surface area contributed by atoms with Crippen LogP contribution in [0.4, 0.5) is 58.4 Å². The molecule has 2 amide bonds. The van der Waals surface area contributed by atoms with Gasteiger partial charge in [-0.1, -0.05) is 100 Å². The molecule has 92 heavy (non-hydrogen) atoms. The molecule has 2 heterocycles. The van der Waals surface area contributed by atoms with Gasteiger partial charge in [-0.3, -0.25) is 23.2 Å². The summed E-state index contributed by atoms with van der Waals surface area (Å²) in [6.07, 6.45) is 2.37. The molecule has 0 fully saturated rings. The van der Waals surface area contributed by atoms with E-state index in [2.05, 4.69) is 75.0 Å². The van der Waals surface area contributed by atoms with Crippen molar-refractivity contribution in [1.82, 2.24) is 29.9 Å². The molecule has 14 N–H and O–H groups in total. The summed E-state index contributed by atoms with van der Waals surface area (Å²) >= 11 is 1.37. The SMILES string of the molecule is NC(=O)CCN(Cc1ccccc1)c1nc(Nc2ccc(C=Cc3ccc(Nc4nc(Nc5cc(SOOO)ccc5S(=O)(=O)O)nc(N(CCC(N)=O)Cc5ccccc5)n4)cc3SOOO)c(S(=O)(=O)O)c2)nc(Nc2cc(S(=O)(=O)O)ccc2SOOO)n1. The van der Waals surface area contributed by atoms with E-state index in [4.69, 9.17) is 26.3 Å². The summed E-state index contributed by atoms with van der Waals surface area (Å²) in [5, 5.41) is 49.6. The first-order chi connectivity index (χ1) is 43.9. The zero-order chi connectivity index (χ0) is 66.0. The third kappa shape index (κ3) is 20.4. The molecule has 484 valence electrons. The van der Waals surface area contributed by atoms with E-state index in [-0.39, 0.29) is 123 Å². The molecule has 0 radical (unpaired) electrons. The first-order valence-corrected chi connectivity index (χ1v) is 32.3. The summed E-state index contributed by atoms with van der Waals surface area (Å²) in [6.45, 7) is 0.148. The Morgan fingerprint density at radius 3 is 1.45 bits per heavy atom. The van der Waals surface area contributed by atoms with Crippen molar-refractivity contribution in [3.8, 4) is 0 Å². The number of aromatic nitrogens is 6. The minimum Gasteiger partial charge on any atom is -0.370 e. The Balaban J connectivity index is 1.15. The van der Waals surface area contributed by atoms with Crippen molar-refractivity contribution in [1.29, 1.82) is 0 Å². The Kier molecular flexibility index (Phi) is 24.0. The Hall–Kier alpha value is -8.76. The van der Waals surface area contributed by atoms with Gasteiger partial charge in [0.05, 0.1) is 57.3 Å². The minimum absolute atomic E-state index is 0.0239. The highest BCUT2D eigenvalue weighted by Crippen LogP contribution is 2.36. The predicted octanol–water partition coefficient (Wildman–Crippen LogP) is 7.99. The fourth-order valence-electron chi connectivity index (χ4n) is 8.19. The van der Waals surface area contributed by atoms with Gasteiger partial charge in [-0.05, 0) is 82.9 Å². The lowest BCUT2D eigenvalue weighted by atomic mass is 10.1. The minimum atomic E-state index is -5.07. The largest absolute Gasteiger partial charge is 0.370 e. The number of nitrogens with zero attached hydrogens (tertiary/aromatic N) is 8. The van der Waals surface area contributed by atoms with E-state index >= 15 is 0 Å². The maximum atomic E-state index is 13.2. The lowest BCUT2D eigenvalue weighted by Gasteiger charge is -2.23. The normalized spacial score (nSPS) is 11.8. The van der Waals surface area contributed by atoms with Crippen molar-refractivity contribution >= 4 is 149 Å². The summed E-state index contributed by atoms with van der Waals surface area (Å²) in [4.78, 5) is 53.0. The molecule has 0 atom stereocenters. The molecular weight excluding hydrogens is 1330 g/mol. The van der Waals surface area contributed by atoms with E-state index in [0.717, 1.165) is 35.4 Å². The number of rotatable bonds is 34. The zero-order valence-electron chi connectivity index (χ0n) is 46.7. The van der Waals surface area contributed by atoms with Crippen molar-refractivity contribution in [3.63, 3.8) is 0 Å². The summed E-state index contributed by atoms with van der Waals surface area (Å²) in [5.74, 6) is -2.63. The highest BCUT2D eigenvalue weighted by atomic mass is 32.2. The molecule has 0 bridgehead atoms. The van der Waals surface area contributed by atoms with Crippen molar-refractivity contribution in [2.45, 2.75) is 55.3 Å². The van der Waals surface area contributed by atoms with Gasteiger partial charge in [0.2, 0.25) is 47.5 Å². The zero-order valence-corrected chi connectivity index (χ0v) is 51.6. The average molecular weight is 1380 g/mol. The first-order valence-electron chi connectivity index (χ1n) is 25.8. The number of primary amides is 2. The van der Waals surface area contributed by atoms with Crippen molar-refractivity contribution in [2.24, 2.45) is 11.5 Å². The Labute approximate surface area is 534 Å². The van der Waals surface area contributed by atoms with E-state index in [1.165, 1.54) is 60.7 Å². The Morgan fingerprint density at radius 1 is 0.478 bits per heavy atom. The van der Waals surface area contributed by atoms with Crippen molar-refractivity contribution in [3.05, 3.63) is 156 Å². The average Bonchev–Trinajstić information content (AvgIpc) is 0.927. The number of hydrogen-bond acceptors (Lipinski definition) is 32. The molecule has 8 rings (SSSR count). The third-order valence-electron chi connectivity index (χ3n) is 12.2. The number of amides is 2. The molecule has 8 aromatic rings. The van der Waals surface area contributed by atoms with Gasteiger partial charge in [-0.2, -0.15) is 55.2 Å². The van der Waals surface area contributed by atoms with E-state index in [9.17, 15) is 53.8 Å². The standard InChI is InChI=1S/C52H50N14O20S6/c53-45(67)21-23-65(29-31-7-3-1-4-8-31)51-62-48(59-49(63-51)57-39-28-38(90(72,73)74)18-19-41(39)88-85-82-70)56-36-16-14-34(44(26-36)92(78,79)80)12-11-33-13-15-35(25-42(33)89-86-83-71)55-47-60-50(58-40-27-37(87-84-81-69)17-20-43(40)91(75,76)77)64-52(61-47)66(24-22-46(54)68)30-32-9-5-2-6-10-32/h1-20,25-28,69-71H,21-24,29-30H2,(H2,53,67)(H2,54,68)(H,72,73,74)(H,75,76,77)(H,78,79,80)(H2,55,58,60,61,64)(H2,56,57,59,62,63). The van der Waals surface area contributed by atoms with Crippen molar-refractivity contribution < 1.29 is 92.4 Å². The molecule has 0 aliphatic rings. The second-order valence-electron chi connectivity index (χ2n) is 18.6. The second kappa shape index (κ2) is 32.0. The van der Waals surface area contributed by atoms with Gasteiger partial charge in [-0.15, -0.1) is 13.0 Å². The molecule has 0 saturated carbocycles. The quantitative estimate of drug-likeness (QED) is 0.00597. The van der Waals surface area contributed by atoms with Gasteiger partial charge in [0.1, 0.15) is 9.79 Å². The van der Waals surface area contributed by atoms with E-state index in [1.54, 1.807) is 70.5 Å². The van der Waals surface area contributed by atoms with Crippen LogP contribution < -0.4 is 42.5 Å². The van der Waals surface area contributed by atoms with Crippen LogP contribution in [0.5, 0.6) is 0 Å². The number of carbonyl (C=O) groups is 2. The maximum absolute atomic E-state index is 13.2. The number of carbonyl (C=O) groups excluding carboxylic acids is 2. The van der Waals surface area contributed by atoms with Crippen molar-refractivity contribution in [2.75, 3.05) is 44.2 Å². The monoisotopic (exact) mass is 1380 g/mol. The number of anilines is 10. The van der Waals surface area contributed by atoms with E-state index in [0.29, 0.717) is 36.1 Å². The lowest BCUT2D eigenvalue weighted by molar-refractivity contribution is -0.432. The number of nitrogens with two attached hydrogens (primary N) is 2. The van der Waals surface area contributed by atoms with Crippen LogP contribution in [0.25, 0.3) is 12.2 Å². The molecule has 34 nitrogen and oxygen atoms in total. The Morgan fingerprint density at radius 2 is 0.946 bits per heavy atom. The summed E-state index contributed by atoms with van der Waals surface area (Å²) in [5.41, 5.74) is 12.6. The summed E-state index contributed by atoms with van der Waals surface area (Å²) < 4.78 is 121. The molecule has 0 unspecified atom stereocenters. The van der Waals surface area contributed by atoms with Gasteiger partial charge < -0.3 is 42.5 Å². The molecule has 0 aliphatic carbocycles. The topological polar surface area (TPSA) is 497 Å². The lowest BCUT2D eigenvalue weighted by Crippen LogP contribution is -2.29. The fraction of sp³-hybridized carbons (Fsp3) is 0.115. The molecule has 40 heteroatoms.